The van der Waals surface area contributed by atoms with Crippen molar-refractivity contribution in [3.8, 4) is 0 Å². The van der Waals surface area contributed by atoms with Crippen LogP contribution in [0.2, 0.25) is 0 Å². The van der Waals surface area contributed by atoms with Crippen LogP contribution in [0, 0.1) is 5.92 Å². The molecule has 0 saturated carbocycles. The zero-order chi connectivity index (χ0) is 7.35. The van der Waals surface area contributed by atoms with Gasteiger partial charge in [-0.05, 0) is 18.8 Å². The summed E-state index contributed by atoms with van der Waals surface area (Å²) in [6.07, 6.45) is 3.74. The first-order valence-corrected chi connectivity index (χ1v) is 5.11. The molecule has 2 unspecified atom stereocenters. The molecule has 56 valence electrons. The Bertz CT molecular complexity index is 287. The standard InChI is InChI=1S/C7H10O2S/c1-5-2-3-6-4-7(5)10(6,8)9/h4-5,7H,2-3H2,1H3. The van der Waals surface area contributed by atoms with Crippen molar-refractivity contribution in [2.24, 2.45) is 5.92 Å². The van der Waals surface area contributed by atoms with Gasteiger partial charge in [-0.2, -0.15) is 0 Å². The molecular formula is C7H10O2S. The maximum absolute atomic E-state index is 11.2. The first-order valence-electron chi connectivity index (χ1n) is 3.57. The Kier molecular flexibility index (Phi) is 1.05. The molecule has 1 fully saturated rings. The molecule has 0 radical (unpaired) electrons. The molecule has 0 amide bonds. The molecule has 1 aliphatic carbocycles. The fourth-order valence-corrected chi connectivity index (χ4v) is 3.65. The Morgan fingerprint density at radius 2 is 2.30 bits per heavy atom. The van der Waals surface area contributed by atoms with Gasteiger partial charge in [0.05, 0.1) is 5.25 Å². The zero-order valence-electron chi connectivity index (χ0n) is 5.87. The summed E-state index contributed by atoms with van der Waals surface area (Å²) < 4.78 is 22.3. The van der Waals surface area contributed by atoms with Crippen molar-refractivity contribution in [1.82, 2.24) is 0 Å². The predicted octanol–water partition coefficient (Wildman–Crippen LogP) is 1.10. The lowest BCUT2D eigenvalue weighted by atomic mass is 9.95. The van der Waals surface area contributed by atoms with Gasteiger partial charge in [-0.25, -0.2) is 8.42 Å². The summed E-state index contributed by atoms with van der Waals surface area (Å²) in [6, 6.07) is 0. The first-order chi connectivity index (χ1) is 4.62. The molecule has 0 N–H and O–H groups in total. The van der Waals surface area contributed by atoms with Crippen molar-refractivity contribution in [1.29, 1.82) is 0 Å². The third kappa shape index (κ3) is 0.565. The highest BCUT2D eigenvalue weighted by molar-refractivity contribution is 7.97. The number of rotatable bonds is 0. The summed E-state index contributed by atoms with van der Waals surface area (Å²) in [6.45, 7) is 2.01. The van der Waals surface area contributed by atoms with Crippen molar-refractivity contribution in [3.05, 3.63) is 11.0 Å². The highest BCUT2D eigenvalue weighted by Gasteiger charge is 2.44. The van der Waals surface area contributed by atoms with E-state index in [0.29, 0.717) is 10.8 Å². The van der Waals surface area contributed by atoms with Crippen molar-refractivity contribution in [2.45, 2.75) is 25.0 Å². The van der Waals surface area contributed by atoms with E-state index in [1.165, 1.54) is 0 Å². The summed E-state index contributed by atoms with van der Waals surface area (Å²) in [5.41, 5.74) is 0. The maximum Gasteiger partial charge on any atom is 0.181 e. The van der Waals surface area contributed by atoms with Crippen LogP contribution in [0.5, 0.6) is 0 Å². The number of fused-ring (bicyclic) bond motifs is 2. The quantitative estimate of drug-likeness (QED) is 0.529. The Balaban J connectivity index is 2.47. The smallest absolute Gasteiger partial charge is 0.181 e. The molecule has 0 spiro atoms. The molecule has 3 heteroatoms. The molecule has 2 atom stereocenters. The summed E-state index contributed by atoms with van der Waals surface area (Å²) >= 11 is 0. The molecule has 10 heavy (non-hydrogen) atoms. The molecule has 2 nitrogen and oxygen atoms in total. The van der Waals surface area contributed by atoms with Crippen LogP contribution in [0.4, 0.5) is 0 Å². The fourth-order valence-electron chi connectivity index (χ4n) is 1.70. The lowest BCUT2D eigenvalue weighted by Gasteiger charge is -2.36. The zero-order valence-corrected chi connectivity index (χ0v) is 6.69. The third-order valence-electron chi connectivity index (χ3n) is 2.48. The molecule has 2 bridgehead atoms. The molecule has 0 aromatic carbocycles. The van der Waals surface area contributed by atoms with Gasteiger partial charge in [-0.3, -0.25) is 0 Å². The van der Waals surface area contributed by atoms with Gasteiger partial charge < -0.3 is 0 Å². The highest BCUT2D eigenvalue weighted by Crippen LogP contribution is 2.42. The van der Waals surface area contributed by atoms with Gasteiger partial charge in [-0.1, -0.05) is 13.0 Å². The van der Waals surface area contributed by atoms with Crippen LogP contribution in [-0.4, -0.2) is 13.7 Å². The van der Waals surface area contributed by atoms with Crippen molar-refractivity contribution >= 4 is 9.84 Å². The Labute approximate surface area is 60.9 Å². The molecule has 2 heterocycles. The summed E-state index contributed by atoms with van der Waals surface area (Å²) in [5, 5.41) is -0.128. The lowest BCUT2D eigenvalue weighted by molar-refractivity contribution is 0.472. The summed E-state index contributed by atoms with van der Waals surface area (Å²) in [5.74, 6) is 0.350. The van der Waals surface area contributed by atoms with Gasteiger partial charge in [0.15, 0.2) is 9.84 Å². The van der Waals surface area contributed by atoms with E-state index in [9.17, 15) is 8.42 Å². The van der Waals surface area contributed by atoms with Crippen LogP contribution < -0.4 is 0 Å². The normalized spacial score (nSPS) is 41.9. The average molecular weight is 158 g/mol. The molecule has 0 aromatic heterocycles. The summed E-state index contributed by atoms with van der Waals surface area (Å²) in [7, 11) is -2.75. The lowest BCUT2D eigenvalue weighted by Crippen LogP contribution is -2.40. The predicted molar refractivity (Wildman–Crippen MR) is 39.2 cm³/mol. The SMILES string of the molecule is CC1CCC2=CC1S2(=O)=O. The number of hydrogen-bond donors (Lipinski definition) is 0. The molecular weight excluding hydrogens is 148 g/mol. The van der Waals surface area contributed by atoms with Crippen LogP contribution in [0.25, 0.3) is 0 Å². The van der Waals surface area contributed by atoms with E-state index in [-0.39, 0.29) is 5.25 Å². The van der Waals surface area contributed by atoms with Gasteiger partial charge in [0.25, 0.3) is 0 Å². The van der Waals surface area contributed by atoms with Crippen LogP contribution in [0.15, 0.2) is 11.0 Å². The minimum Gasteiger partial charge on any atom is -0.223 e. The van der Waals surface area contributed by atoms with E-state index in [0.717, 1.165) is 12.8 Å². The van der Waals surface area contributed by atoms with E-state index in [1.54, 1.807) is 0 Å². The largest absolute Gasteiger partial charge is 0.223 e. The maximum atomic E-state index is 11.2. The van der Waals surface area contributed by atoms with Crippen LogP contribution in [0.3, 0.4) is 0 Å². The minimum absolute atomic E-state index is 0.128. The van der Waals surface area contributed by atoms with Crippen molar-refractivity contribution < 1.29 is 8.42 Å². The number of allylic oxidation sites excluding steroid dienone is 1. The van der Waals surface area contributed by atoms with Crippen LogP contribution in [0.1, 0.15) is 19.8 Å². The van der Waals surface area contributed by atoms with Crippen molar-refractivity contribution in [2.75, 3.05) is 0 Å². The van der Waals surface area contributed by atoms with Crippen molar-refractivity contribution in [3.63, 3.8) is 0 Å². The third-order valence-corrected chi connectivity index (χ3v) is 4.87. The monoisotopic (exact) mass is 158 g/mol. The summed E-state index contributed by atoms with van der Waals surface area (Å²) in [4.78, 5) is 0.690. The van der Waals surface area contributed by atoms with E-state index in [1.807, 2.05) is 13.0 Å². The fraction of sp³-hybridized carbons (Fsp3) is 0.714. The Hall–Kier alpha value is -0.310. The topological polar surface area (TPSA) is 34.1 Å². The second-order valence-electron chi connectivity index (χ2n) is 3.16. The van der Waals surface area contributed by atoms with Gasteiger partial charge >= 0.3 is 0 Å². The van der Waals surface area contributed by atoms with E-state index >= 15 is 0 Å². The van der Waals surface area contributed by atoms with E-state index in [4.69, 9.17) is 0 Å². The van der Waals surface area contributed by atoms with Gasteiger partial charge in [0, 0.05) is 4.91 Å². The number of hydrogen-bond acceptors (Lipinski definition) is 2. The van der Waals surface area contributed by atoms with E-state index in [2.05, 4.69) is 0 Å². The molecule has 3 aliphatic rings. The number of sulfone groups is 1. The first kappa shape index (κ1) is 6.40. The van der Waals surface area contributed by atoms with Gasteiger partial charge in [0.1, 0.15) is 0 Å². The van der Waals surface area contributed by atoms with E-state index < -0.39 is 9.84 Å². The second kappa shape index (κ2) is 1.64. The molecule has 1 saturated heterocycles. The minimum atomic E-state index is -2.75. The molecule has 3 rings (SSSR count). The molecule has 2 aliphatic heterocycles. The highest BCUT2D eigenvalue weighted by atomic mass is 32.2. The van der Waals surface area contributed by atoms with Crippen LogP contribution >= 0.6 is 0 Å². The molecule has 0 aromatic rings. The van der Waals surface area contributed by atoms with Gasteiger partial charge in [0.2, 0.25) is 0 Å². The Morgan fingerprint density at radius 1 is 1.60 bits per heavy atom. The van der Waals surface area contributed by atoms with Crippen LogP contribution in [-0.2, 0) is 9.84 Å². The average Bonchev–Trinajstić information content (AvgIpc) is 1.87. The second-order valence-corrected chi connectivity index (χ2v) is 5.32. The Morgan fingerprint density at radius 3 is 2.60 bits per heavy atom. The van der Waals surface area contributed by atoms with Gasteiger partial charge in [-0.15, -0.1) is 0 Å².